The number of methoxy groups -OCH3 is 1. The molecule has 0 spiro atoms. The van der Waals surface area contributed by atoms with Gasteiger partial charge in [-0.25, -0.2) is 13.1 Å². The Morgan fingerprint density at radius 1 is 1.15 bits per heavy atom. The van der Waals surface area contributed by atoms with Crippen LogP contribution >= 0.6 is 0 Å². The molecule has 0 radical (unpaired) electrons. The summed E-state index contributed by atoms with van der Waals surface area (Å²) in [6.07, 6.45) is 7.01. The molecule has 0 heterocycles. The second kappa shape index (κ2) is 6.59. The third-order valence-corrected chi connectivity index (χ3v) is 4.62. The lowest BCUT2D eigenvalue weighted by molar-refractivity contribution is 0.294. The first-order chi connectivity index (χ1) is 9.49. The number of sulfonamides is 1. The Bertz CT molecular complexity index is 519. The Labute approximate surface area is 121 Å². The summed E-state index contributed by atoms with van der Waals surface area (Å²) < 4.78 is 31.3. The van der Waals surface area contributed by atoms with Gasteiger partial charge in [-0.05, 0) is 36.5 Å². The average Bonchev–Trinajstić information content (AvgIpc) is 2.45. The summed E-state index contributed by atoms with van der Waals surface area (Å²) in [5.41, 5.74) is 1.02. The molecule has 5 heteroatoms. The van der Waals surface area contributed by atoms with Crippen molar-refractivity contribution in [3.05, 3.63) is 29.8 Å². The monoisotopic (exact) mass is 297 g/mol. The van der Waals surface area contributed by atoms with E-state index in [0.717, 1.165) is 24.2 Å². The van der Waals surface area contributed by atoms with Crippen molar-refractivity contribution in [3.63, 3.8) is 0 Å². The molecule has 1 unspecified atom stereocenters. The standard InChI is InChI=1S/C15H23NO3S/c1-19-14-10-8-13(9-11-14)15(16-20(2,17)18)12-6-4-3-5-7-12/h8-12,15-16H,3-7H2,1-2H3. The third kappa shape index (κ3) is 4.21. The minimum atomic E-state index is -3.22. The van der Waals surface area contributed by atoms with E-state index >= 15 is 0 Å². The van der Waals surface area contributed by atoms with Crippen LogP contribution in [0.15, 0.2) is 24.3 Å². The van der Waals surface area contributed by atoms with Crippen LogP contribution in [0.5, 0.6) is 5.75 Å². The van der Waals surface area contributed by atoms with Crippen molar-refractivity contribution in [1.82, 2.24) is 4.72 Å². The van der Waals surface area contributed by atoms with Gasteiger partial charge in [0, 0.05) is 6.04 Å². The van der Waals surface area contributed by atoms with Crippen LogP contribution in [0, 0.1) is 5.92 Å². The Hall–Kier alpha value is -1.07. The van der Waals surface area contributed by atoms with E-state index in [2.05, 4.69) is 4.72 Å². The molecule has 1 aromatic carbocycles. The van der Waals surface area contributed by atoms with Crippen LogP contribution < -0.4 is 9.46 Å². The van der Waals surface area contributed by atoms with Gasteiger partial charge in [0.05, 0.1) is 13.4 Å². The van der Waals surface area contributed by atoms with Gasteiger partial charge in [-0.3, -0.25) is 0 Å². The highest BCUT2D eigenvalue weighted by atomic mass is 32.2. The molecule has 2 rings (SSSR count). The molecular weight excluding hydrogens is 274 g/mol. The van der Waals surface area contributed by atoms with Crippen molar-refractivity contribution in [2.75, 3.05) is 13.4 Å². The Morgan fingerprint density at radius 2 is 1.75 bits per heavy atom. The minimum Gasteiger partial charge on any atom is -0.497 e. The first-order valence-corrected chi connectivity index (χ1v) is 9.00. The minimum absolute atomic E-state index is 0.129. The highest BCUT2D eigenvalue weighted by molar-refractivity contribution is 7.88. The molecule has 20 heavy (non-hydrogen) atoms. The Morgan fingerprint density at radius 3 is 2.25 bits per heavy atom. The molecule has 1 saturated carbocycles. The Balaban J connectivity index is 2.23. The van der Waals surface area contributed by atoms with Crippen molar-refractivity contribution < 1.29 is 13.2 Å². The molecule has 112 valence electrons. The van der Waals surface area contributed by atoms with Crippen LogP contribution in [0.1, 0.15) is 43.7 Å². The van der Waals surface area contributed by atoms with E-state index in [4.69, 9.17) is 4.74 Å². The maximum Gasteiger partial charge on any atom is 0.209 e. The van der Waals surface area contributed by atoms with Crippen molar-refractivity contribution in [1.29, 1.82) is 0 Å². The van der Waals surface area contributed by atoms with Gasteiger partial charge >= 0.3 is 0 Å². The van der Waals surface area contributed by atoms with E-state index in [-0.39, 0.29) is 6.04 Å². The number of benzene rings is 1. The van der Waals surface area contributed by atoms with Gasteiger partial charge in [0.2, 0.25) is 10.0 Å². The number of hydrogen-bond donors (Lipinski definition) is 1. The van der Waals surface area contributed by atoms with Crippen molar-refractivity contribution in [2.24, 2.45) is 5.92 Å². The summed E-state index contributed by atoms with van der Waals surface area (Å²) in [6.45, 7) is 0. The van der Waals surface area contributed by atoms with Crippen LogP contribution in [0.2, 0.25) is 0 Å². The molecule has 0 bridgehead atoms. The predicted molar refractivity (Wildman–Crippen MR) is 80.3 cm³/mol. The van der Waals surface area contributed by atoms with E-state index in [1.165, 1.54) is 25.5 Å². The van der Waals surface area contributed by atoms with Gasteiger partial charge < -0.3 is 4.74 Å². The highest BCUT2D eigenvalue weighted by Crippen LogP contribution is 2.35. The number of ether oxygens (including phenoxy) is 1. The molecular formula is C15H23NO3S. The molecule has 1 aromatic rings. The Kier molecular flexibility index (Phi) is 5.05. The van der Waals surface area contributed by atoms with Crippen molar-refractivity contribution in [2.45, 2.75) is 38.1 Å². The fourth-order valence-electron chi connectivity index (χ4n) is 2.95. The molecule has 1 aliphatic carbocycles. The SMILES string of the molecule is COc1ccc(C(NS(C)(=O)=O)C2CCCCC2)cc1. The molecule has 0 amide bonds. The second-order valence-electron chi connectivity index (χ2n) is 5.54. The van der Waals surface area contributed by atoms with E-state index in [1.807, 2.05) is 24.3 Å². The van der Waals surface area contributed by atoms with Crippen LogP contribution in [-0.2, 0) is 10.0 Å². The van der Waals surface area contributed by atoms with Gasteiger partial charge in [0.15, 0.2) is 0 Å². The lowest BCUT2D eigenvalue weighted by Crippen LogP contribution is -2.33. The van der Waals surface area contributed by atoms with Crippen LogP contribution in [0.3, 0.4) is 0 Å². The zero-order valence-electron chi connectivity index (χ0n) is 12.1. The second-order valence-corrected chi connectivity index (χ2v) is 7.32. The topological polar surface area (TPSA) is 55.4 Å². The van der Waals surface area contributed by atoms with Crippen molar-refractivity contribution >= 4 is 10.0 Å². The number of nitrogens with one attached hydrogen (secondary N) is 1. The van der Waals surface area contributed by atoms with E-state index in [1.54, 1.807) is 7.11 Å². The normalized spacial score (nSPS) is 18.7. The number of rotatable bonds is 5. The molecule has 4 nitrogen and oxygen atoms in total. The highest BCUT2D eigenvalue weighted by Gasteiger charge is 2.27. The zero-order valence-corrected chi connectivity index (χ0v) is 12.9. The largest absolute Gasteiger partial charge is 0.497 e. The van der Waals surface area contributed by atoms with Gasteiger partial charge in [-0.15, -0.1) is 0 Å². The molecule has 1 fully saturated rings. The van der Waals surface area contributed by atoms with Gasteiger partial charge in [0.1, 0.15) is 5.75 Å². The summed E-state index contributed by atoms with van der Waals surface area (Å²) in [6, 6.07) is 7.55. The maximum atomic E-state index is 11.6. The van der Waals surface area contributed by atoms with E-state index in [9.17, 15) is 8.42 Å². The smallest absolute Gasteiger partial charge is 0.209 e. The first kappa shape index (κ1) is 15.3. The van der Waals surface area contributed by atoms with Gasteiger partial charge in [-0.1, -0.05) is 31.4 Å². The molecule has 0 aromatic heterocycles. The lowest BCUT2D eigenvalue weighted by Gasteiger charge is -2.30. The molecule has 0 saturated heterocycles. The summed E-state index contributed by atoms with van der Waals surface area (Å²) in [5, 5.41) is 0. The summed E-state index contributed by atoms with van der Waals surface area (Å²) >= 11 is 0. The summed E-state index contributed by atoms with van der Waals surface area (Å²) in [4.78, 5) is 0. The molecule has 1 N–H and O–H groups in total. The fraction of sp³-hybridized carbons (Fsp3) is 0.600. The van der Waals surface area contributed by atoms with Crippen LogP contribution in [0.25, 0.3) is 0 Å². The van der Waals surface area contributed by atoms with Gasteiger partial charge in [0.25, 0.3) is 0 Å². The zero-order chi connectivity index (χ0) is 14.6. The third-order valence-electron chi connectivity index (χ3n) is 3.94. The average molecular weight is 297 g/mol. The summed E-state index contributed by atoms with van der Waals surface area (Å²) in [7, 11) is -1.59. The maximum absolute atomic E-state index is 11.6. The fourth-order valence-corrected chi connectivity index (χ4v) is 3.74. The van der Waals surface area contributed by atoms with Crippen LogP contribution in [-0.4, -0.2) is 21.8 Å². The molecule has 1 aliphatic rings. The molecule has 1 atom stereocenters. The lowest BCUT2D eigenvalue weighted by atomic mass is 9.81. The van der Waals surface area contributed by atoms with E-state index in [0.29, 0.717) is 5.92 Å². The van der Waals surface area contributed by atoms with Crippen LogP contribution in [0.4, 0.5) is 0 Å². The number of hydrogen-bond acceptors (Lipinski definition) is 3. The summed E-state index contributed by atoms with van der Waals surface area (Å²) in [5.74, 6) is 1.17. The van der Waals surface area contributed by atoms with E-state index < -0.39 is 10.0 Å². The molecule has 0 aliphatic heterocycles. The predicted octanol–water partition coefficient (Wildman–Crippen LogP) is 2.87. The van der Waals surface area contributed by atoms with Gasteiger partial charge in [-0.2, -0.15) is 0 Å². The van der Waals surface area contributed by atoms with Crippen molar-refractivity contribution in [3.8, 4) is 5.75 Å². The quantitative estimate of drug-likeness (QED) is 0.909. The first-order valence-electron chi connectivity index (χ1n) is 7.11.